The molecule has 2 amide bonds. The minimum absolute atomic E-state index is 0.162. The van der Waals surface area contributed by atoms with E-state index in [-0.39, 0.29) is 6.04 Å². The van der Waals surface area contributed by atoms with Crippen molar-refractivity contribution in [3.05, 3.63) is 58.7 Å². The van der Waals surface area contributed by atoms with Crippen LogP contribution in [-0.4, -0.2) is 15.6 Å². The maximum absolute atomic E-state index is 12.3. The van der Waals surface area contributed by atoms with Gasteiger partial charge in [-0.2, -0.15) is 0 Å². The van der Waals surface area contributed by atoms with Crippen LogP contribution in [0.3, 0.4) is 0 Å². The molecule has 4 N–H and O–H groups in total. The number of carbonyl (C=O) groups is 1. The van der Waals surface area contributed by atoms with E-state index in [9.17, 15) is 4.79 Å². The molecule has 6 nitrogen and oxygen atoms in total. The van der Waals surface area contributed by atoms with E-state index in [1.807, 2.05) is 36.6 Å². The Hall–Kier alpha value is -2.70. The molecule has 1 aromatic heterocycles. The summed E-state index contributed by atoms with van der Waals surface area (Å²) in [5.74, 6) is 0.453. The molecule has 0 aliphatic rings. The van der Waals surface area contributed by atoms with E-state index in [1.165, 1.54) is 0 Å². The largest absolute Gasteiger partial charge is 0.369 e. The van der Waals surface area contributed by atoms with Crippen LogP contribution < -0.4 is 16.4 Å². The summed E-state index contributed by atoms with van der Waals surface area (Å²) >= 11 is 11.9. The first kappa shape index (κ1) is 19.1. The molecular weight excluding hydrogens is 385 g/mol. The number of anilines is 3. The van der Waals surface area contributed by atoms with Crippen molar-refractivity contribution < 1.29 is 4.79 Å². The third-order valence-electron chi connectivity index (χ3n) is 3.88. The van der Waals surface area contributed by atoms with Crippen LogP contribution in [0.25, 0.3) is 11.3 Å². The average molecular weight is 404 g/mol. The SMILES string of the molecule is CC(C)n1c(-c2cccc(NC(=O)Nc3cc(Cl)cc(Cl)c3)c2)cnc1N. The molecule has 0 radical (unpaired) electrons. The minimum atomic E-state index is -0.401. The summed E-state index contributed by atoms with van der Waals surface area (Å²) in [5.41, 5.74) is 8.88. The number of rotatable bonds is 4. The van der Waals surface area contributed by atoms with Crippen molar-refractivity contribution in [1.82, 2.24) is 9.55 Å². The number of urea groups is 1. The maximum Gasteiger partial charge on any atom is 0.323 e. The van der Waals surface area contributed by atoms with Gasteiger partial charge in [0.25, 0.3) is 0 Å². The van der Waals surface area contributed by atoms with Crippen LogP contribution in [0, 0.1) is 0 Å². The Balaban J connectivity index is 1.79. The fraction of sp³-hybridized carbons (Fsp3) is 0.158. The first-order valence-corrected chi connectivity index (χ1v) is 9.06. The Morgan fingerprint density at radius 3 is 2.41 bits per heavy atom. The van der Waals surface area contributed by atoms with Crippen LogP contribution in [0.5, 0.6) is 0 Å². The van der Waals surface area contributed by atoms with E-state index < -0.39 is 6.03 Å². The van der Waals surface area contributed by atoms with Crippen LogP contribution in [0.1, 0.15) is 19.9 Å². The minimum Gasteiger partial charge on any atom is -0.369 e. The van der Waals surface area contributed by atoms with Crippen molar-refractivity contribution in [2.45, 2.75) is 19.9 Å². The molecule has 1 heterocycles. The van der Waals surface area contributed by atoms with Gasteiger partial charge in [0.2, 0.25) is 5.95 Å². The van der Waals surface area contributed by atoms with Gasteiger partial charge < -0.3 is 20.9 Å². The fourth-order valence-corrected chi connectivity index (χ4v) is 3.33. The second-order valence-corrected chi connectivity index (χ2v) is 7.16. The summed E-state index contributed by atoms with van der Waals surface area (Å²) in [4.78, 5) is 16.5. The van der Waals surface area contributed by atoms with E-state index in [0.29, 0.717) is 27.4 Å². The number of carbonyl (C=O) groups excluding carboxylic acids is 1. The monoisotopic (exact) mass is 403 g/mol. The highest BCUT2D eigenvalue weighted by atomic mass is 35.5. The normalized spacial score (nSPS) is 10.9. The van der Waals surface area contributed by atoms with Crippen LogP contribution in [0.15, 0.2) is 48.7 Å². The number of nitrogen functional groups attached to an aromatic ring is 1. The van der Waals surface area contributed by atoms with Crippen molar-refractivity contribution in [2.24, 2.45) is 0 Å². The second kappa shape index (κ2) is 7.90. The summed E-state index contributed by atoms with van der Waals surface area (Å²) in [6, 6.07) is 12.1. The number of nitrogens with zero attached hydrogens (tertiary/aromatic N) is 2. The summed E-state index contributed by atoms with van der Waals surface area (Å²) < 4.78 is 1.94. The highest BCUT2D eigenvalue weighted by Crippen LogP contribution is 2.28. The number of benzene rings is 2. The number of nitrogens with two attached hydrogens (primary N) is 1. The topological polar surface area (TPSA) is 85.0 Å². The lowest BCUT2D eigenvalue weighted by molar-refractivity contribution is 0.262. The molecule has 0 bridgehead atoms. The Kier molecular flexibility index (Phi) is 5.58. The first-order chi connectivity index (χ1) is 12.8. The lowest BCUT2D eigenvalue weighted by Gasteiger charge is -2.14. The molecule has 2 aromatic carbocycles. The van der Waals surface area contributed by atoms with Crippen LogP contribution in [0.4, 0.5) is 22.1 Å². The van der Waals surface area contributed by atoms with E-state index in [1.54, 1.807) is 30.5 Å². The Morgan fingerprint density at radius 1 is 1.07 bits per heavy atom. The van der Waals surface area contributed by atoms with Crippen LogP contribution in [0.2, 0.25) is 10.0 Å². The van der Waals surface area contributed by atoms with Gasteiger partial charge in [-0.15, -0.1) is 0 Å². The van der Waals surface area contributed by atoms with E-state index in [4.69, 9.17) is 28.9 Å². The molecule has 0 unspecified atom stereocenters. The fourth-order valence-electron chi connectivity index (χ4n) is 2.81. The molecule has 27 heavy (non-hydrogen) atoms. The molecule has 0 saturated heterocycles. The van der Waals surface area contributed by atoms with Gasteiger partial charge in [0.15, 0.2) is 0 Å². The number of halogens is 2. The highest BCUT2D eigenvalue weighted by molar-refractivity contribution is 6.35. The predicted molar refractivity (Wildman–Crippen MR) is 112 cm³/mol. The van der Waals surface area contributed by atoms with Crippen molar-refractivity contribution in [2.75, 3.05) is 16.4 Å². The number of nitrogens with one attached hydrogen (secondary N) is 2. The van der Waals surface area contributed by atoms with Crippen molar-refractivity contribution in [1.29, 1.82) is 0 Å². The number of hydrogen-bond donors (Lipinski definition) is 3. The van der Waals surface area contributed by atoms with Crippen molar-refractivity contribution in [3.8, 4) is 11.3 Å². The van der Waals surface area contributed by atoms with Gasteiger partial charge in [0, 0.05) is 33.0 Å². The third-order valence-corrected chi connectivity index (χ3v) is 4.31. The van der Waals surface area contributed by atoms with Gasteiger partial charge in [-0.3, -0.25) is 0 Å². The molecule has 3 aromatic rings. The van der Waals surface area contributed by atoms with Gasteiger partial charge in [-0.05, 0) is 44.2 Å². The molecule has 140 valence electrons. The number of imidazole rings is 1. The molecule has 0 fully saturated rings. The van der Waals surface area contributed by atoms with Gasteiger partial charge >= 0.3 is 6.03 Å². The summed E-state index contributed by atoms with van der Waals surface area (Å²) in [5, 5.41) is 6.39. The maximum atomic E-state index is 12.3. The smallest absolute Gasteiger partial charge is 0.323 e. The molecular formula is C19H19Cl2N5O. The third kappa shape index (κ3) is 4.53. The molecule has 8 heteroatoms. The molecule has 0 saturated carbocycles. The van der Waals surface area contributed by atoms with Gasteiger partial charge in [-0.25, -0.2) is 9.78 Å². The zero-order valence-electron chi connectivity index (χ0n) is 14.8. The quantitative estimate of drug-likeness (QED) is 0.524. The molecule has 0 aliphatic carbocycles. The zero-order chi connectivity index (χ0) is 19.6. The van der Waals surface area contributed by atoms with Gasteiger partial charge in [-0.1, -0.05) is 35.3 Å². The molecule has 0 atom stereocenters. The highest BCUT2D eigenvalue weighted by Gasteiger charge is 2.13. The summed E-state index contributed by atoms with van der Waals surface area (Å²) in [6.45, 7) is 4.07. The van der Waals surface area contributed by atoms with Gasteiger partial charge in [0.05, 0.1) is 11.9 Å². The lowest BCUT2D eigenvalue weighted by Crippen LogP contribution is -2.19. The number of hydrogen-bond acceptors (Lipinski definition) is 3. The molecule has 0 aliphatic heterocycles. The van der Waals surface area contributed by atoms with E-state index >= 15 is 0 Å². The molecule has 3 rings (SSSR count). The van der Waals surface area contributed by atoms with Crippen LogP contribution in [-0.2, 0) is 0 Å². The van der Waals surface area contributed by atoms with E-state index in [2.05, 4.69) is 15.6 Å². The predicted octanol–water partition coefficient (Wildman–Crippen LogP) is 5.66. The van der Waals surface area contributed by atoms with Crippen molar-refractivity contribution in [3.63, 3.8) is 0 Å². The van der Waals surface area contributed by atoms with Crippen LogP contribution >= 0.6 is 23.2 Å². The zero-order valence-corrected chi connectivity index (χ0v) is 16.3. The first-order valence-electron chi connectivity index (χ1n) is 8.30. The lowest BCUT2D eigenvalue weighted by atomic mass is 10.1. The average Bonchev–Trinajstić information content (AvgIpc) is 2.95. The standard InChI is InChI=1S/C19H19Cl2N5O/c1-11(2)26-17(10-23-18(26)22)12-4-3-5-15(6-12)24-19(27)25-16-8-13(20)7-14(21)9-16/h3-11H,1-2H3,(H2,22,23)(H2,24,25,27). The van der Waals surface area contributed by atoms with Gasteiger partial charge in [0.1, 0.15) is 0 Å². The summed E-state index contributed by atoms with van der Waals surface area (Å²) in [6.07, 6.45) is 1.72. The second-order valence-electron chi connectivity index (χ2n) is 6.28. The van der Waals surface area contributed by atoms with E-state index in [0.717, 1.165) is 11.3 Å². The Morgan fingerprint density at radius 2 is 1.74 bits per heavy atom. The molecule has 0 spiro atoms. The number of amides is 2. The number of aromatic nitrogens is 2. The Bertz CT molecular complexity index is 964. The Labute approximate surface area is 167 Å². The summed E-state index contributed by atoms with van der Waals surface area (Å²) in [7, 11) is 0. The van der Waals surface area contributed by atoms with Crippen molar-refractivity contribution >= 4 is 46.6 Å².